The van der Waals surface area contributed by atoms with Gasteiger partial charge in [-0.15, -0.1) is 0 Å². The van der Waals surface area contributed by atoms with Crippen LogP contribution in [0.15, 0.2) is 60.9 Å². The molecule has 0 fully saturated rings. The van der Waals surface area contributed by atoms with Crippen LogP contribution in [0.2, 0.25) is 5.02 Å². The molecule has 2 aromatic heterocycles. The molecule has 33 heavy (non-hydrogen) atoms. The van der Waals surface area contributed by atoms with Gasteiger partial charge in [-0.3, -0.25) is 14.3 Å². The fourth-order valence-electron chi connectivity index (χ4n) is 3.72. The van der Waals surface area contributed by atoms with Crippen LogP contribution in [-0.2, 0) is 15.6 Å². The zero-order valence-electron chi connectivity index (χ0n) is 17.9. The van der Waals surface area contributed by atoms with Crippen LogP contribution < -0.4 is 15.9 Å². The number of nitrogens with zero attached hydrogens (tertiary/aromatic N) is 2. The topological polar surface area (TPSA) is 108 Å². The van der Waals surface area contributed by atoms with Gasteiger partial charge in [-0.2, -0.15) is 5.26 Å². The number of H-pyrrole nitrogens is 1. The van der Waals surface area contributed by atoms with E-state index in [-0.39, 0.29) is 17.5 Å². The summed E-state index contributed by atoms with van der Waals surface area (Å²) >= 11 is 6.24. The summed E-state index contributed by atoms with van der Waals surface area (Å²) in [5.74, 6) is -0.452. The zero-order chi connectivity index (χ0) is 23.6. The monoisotopic (exact) mass is 478 g/mol. The number of rotatable bonds is 6. The number of carbonyl (C=O) groups is 1. The Morgan fingerprint density at radius 1 is 1.27 bits per heavy atom. The lowest BCUT2D eigenvalue weighted by Gasteiger charge is -2.19. The SMILES string of the molecule is COP(=O)(c1cc(C)cc(C#N)c1)c1c(C(=O)NCc2cccnc2)[nH]c2ccc(Cl)cc12. The molecule has 1 unspecified atom stereocenters. The van der Waals surface area contributed by atoms with Gasteiger partial charge in [-0.25, -0.2) is 0 Å². The van der Waals surface area contributed by atoms with Crippen molar-refractivity contribution in [3.05, 3.63) is 88.3 Å². The molecule has 0 bridgehead atoms. The van der Waals surface area contributed by atoms with Gasteiger partial charge < -0.3 is 14.8 Å². The second-order valence-corrected chi connectivity index (χ2v) is 10.4. The molecule has 4 rings (SSSR count). The summed E-state index contributed by atoms with van der Waals surface area (Å²) in [6, 6.07) is 15.7. The molecule has 0 spiro atoms. The maximum absolute atomic E-state index is 14.4. The maximum Gasteiger partial charge on any atom is 0.268 e. The highest BCUT2D eigenvalue weighted by Gasteiger charge is 2.36. The van der Waals surface area contributed by atoms with Crippen LogP contribution in [0, 0.1) is 18.3 Å². The van der Waals surface area contributed by atoms with Crippen LogP contribution in [0.1, 0.15) is 27.2 Å². The standard InChI is InChI=1S/C24H20ClN4O3P/c1-15-8-17(12-26)10-19(9-15)33(31,32-2)23-20-11-18(25)5-6-21(20)29-22(23)24(30)28-14-16-4-3-7-27-13-16/h3-11,13,29H,14H2,1-2H3,(H,28,30). The number of fused-ring (bicyclic) bond motifs is 1. The van der Waals surface area contributed by atoms with Crippen molar-refractivity contribution in [3.8, 4) is 6.07 Å². The van der Waals surface area contributed by atoms with Crippen molar-refractivity contribution in [1.82, 2.24) is 15.3 Å². The third kappa shape index (κ3) is 4.42. The third-order valence-electron chi connectivity index (χ3n) is 5.22. The molecule has 2 aromatic carbocycles. The largest absolute Gasteiger partial charge is 0.350 e. The molecule has 1 amide bonds. The van der Waals surface area contributed by atoms with E-state index in [1.807, 2.05) is 6.07 Å². The summed E-state index contributed by atoms with van der Waals surface area (Å²) in [5.41, 5.74) is 2.62. The Kier molecular flexibility index (Phi) is 6.35. The summed E-state index contributed by atoms with van der Waals surface area (Å²) in [6.07, 6.45) is 3.31. The van der Waals surface area contributed by atoms with Crippen molar-refractivity contribution in [2.24, 2.45) is 0 Å². The molecule has 0 aliphatic heterocycles. The van der Waals surface area contributed by atoms with Gasteiger partial charge in [0.05, 0.1) is 16.9 Å². The predicted molar refractivity (Wildman–Crippen MR) is 128 cm³/mol. The lowest BCUT2D eigenvalue weighted by atomic mass is 10.2. The number of carbonyl (C=O) groups excluding carboxylic acids is 1. The summed E-state index contributed by atoms with van der Waals surface area (Å²) in [7, 11) is -2.46. The Hall–Kier alpha value is -3.43. The number of hydrogen-bond donors (Lipinski definition) is 2. The molecule has 1 atom stereocenters. The normalized spacial score (nSPS) is 12.8. The van der Waals surface area contributed by atoms with Crippen molar-refractivity contribution in [1.29, 1.82) is 5.26 Å². The van der Waals surface area contributed by atoms with E-state index in [2.05, 4.69) is 21.4 Å². The molecular weight excluding hydrogens is 459 g/mol. The Bertz CT molecular complexity index is 1440. The summed E-state index contributed by atoms with van der Waals surface area (Å²) in [6.45, 7) is 2.04. The van der Waals surface area contributed by atoms with Crippen LogP contribution in [-0.4, -0.2) is 23.0 Å². The fourth-order valence-corrected chi connectivity index (χ4v) is 6.18. The quantitative estimate of drug-likeness (QED) is 0.404. The first-order chi connectivity index (χ1) is 15.9. The zero-order valence-corrected chi connectivity index (χ0v) is 19.6. The Labute approximate surface area is 195 Å². The van der Waals surface area contributed by atoms with Gasteiger partial charge in [-0.1, -0.05) is 17.7 Å². The van der Waals surface area contributed by atoms with Gasteiger partial charge in [0, 0.05) is 47.3 Å². The number of benzene rings is 2. The van der Waals surface area contributed by atoms with Crippen LogP contribution in [0.4, 0.5) is 0 Å². The van der Waals surface area contributed by atoms with Gasteiger partial charge in [0.1, 0.15) is 5.69 Å². The van der Waals surface area contributed by atoms with Crippen LogP contribution in [0.25, 0.3) is 10.9 Å². The van der Waals surface area contributed by atoms with Crippen molar-refractivity contribution in [2.75, 3.05) is 7.11 Å². The summed E-state index contributed by atoms with van der Waals surface area (Å²) in [4.78, 5) is 20.4. The van der Waals surface area contributed by atoms with E-state index >= 15 is 0 Å². The highest BCUT2D eigenvalue weighted by Crippen LogP contribution is 2.47. The minimum Gasteiger partial charge on any atom is -0.350 e. The molecule has 2 N–H and O–H groups in total. The average molecular weight is 479 g/mol. The number of halogens is 1. The summed E-state index contributed by atoms with van der Waals surface area (Å²) in [5, 5.41) is 13.7. The van der Waals surface area contributed by atoms with E-state index in [4.69, 9.17) is 16.1 Å². The second kappa shape index (κ2) is 9.21. The first kappa shape index (κ1) is 22.8. The van der Waals surface area contributed by atoms with Crippen molar-refractivity contribution in [2.45, 2.75) is 13.5 Å². The highest BCUT2D eigenvalue weighted by atomic mass is 35.5. The number of aromatic amines is 1. The molecule has 9 heteroatoms. The Balaban J connectivity index is 1.88. The number of pyridine rings is 1. The molecule has 0 saturated carbocycles. The van der Waals surface area contributed by atoms with E-state index in [9.17, 15) is 14.6 Å². The summed E-state index contributed by atoms with van der Waals surface area (Å²) < 4.78 is 20.0. The van der Waals surface area contributed by atoms with Crippen molar-refractivity contribution in [3.63, 3.8) is 0 Å². The minimum absolute atomic E-state index is 0.112. The Morgan fingerprint density at radius 3 is 2.79 bits per heavy atom. The third-order valence-corrected chi connectivity index (χ3v) is 7.96. The predicted octanol–water partition coefficient (Wildman–Crippen LogP) is 4.20. The fraction of sp³-hybridized carbons (Fsp3) is 0.125. The molecule has 0 radical (unpaired) electrons. The molecule has 2 heterocycles. The van der Waals surface area contributed by atoms with E-state index in [1.165, 1.54) is 13.2 Å². The van der Waals surface area contributed by atoms with E-state index in [0.717, 1.165) is 11.1 Å². The molecular formula is C24H20ClN4O3P. The van der Waals surface area contributed by atoms with E-state index < -0.39 is 13.3 Å². The van der Waals surface area contributed by atoms with Gasteiger partial charge in [-0.05, 0) is 60.5 Å². The number of nitrogens with one attached hydrogen (secondary N) is 2. The first-order valence-electron chi connectivity index (χ1n) is 10.0. The number of aromatic nitrogens is 2. The second-order valence-electron chi connectivity index (χ2n) is 7.49. The van der Waals surface area contributed by atoms with Gasteiger partial charge >= 0.3 is 0 Å². The average Bonchev–Trinajstić information content (AvgIpc) is 3.21. The molecule has 4 aromatic rings. The minimum atomic E-state index is -3.79. The molecule has 166 valence electrons. The maximum atomic E-state index is 14.4. The van der Waals surface area contributed by atoms with Gasteiger partial charge in [0.2, 0.25) is 0 Å². The van der Waals surface area contributed by atoms with Crippen molar-refractivity contribution < 1.29 is 13.9 Å². The smallest absolute Gasteiger partial charge is 0.268 e. The van der Waals surface area contributed by atoms with E-state index in [0.29, 0.717) is 26.8 Å². The van der Waals surface area contributed by atoms with Crippen LogP contribution in [0.5, 0.6) is 0 Å². The molecule has 7 nitrogen and oxygen atoms in total. The first-order valence-corrected chi connectivity index (χ1v) is 12.0. The number of hydrogen-bond acceptors (Lipinski definition) is 5. The number of aryl methyl sites for hydroxylation is 1. The van der Waals surface area contributed by atoms with Gasteiger partial charge in [0.25, 0.3) is 13.3 Å². The van der Waals surface area contributed by atoms with Gasteiger partial charge in [0.15, 0.2) is 0 Å². The molecule has 0 saturated heterocycles. The Morgan fingerprint density at radius 2 is 2.09 bits per heavy atom. The van der Waals surface area contributed by atoms with Crippen molar-refractivity contribution >= 4 is 46.4 Å². The molecule has 0 aliphatic rings. The van der Waals surface area contributed by atoms with Crippen LogP contribution >= 0.6 is 19.0 Å². The lowest BCUT2D eigenvalue weighted by molar-refractivity contribution is 0.0947. The van der Waals surface area contributed by atoms with E-state index in [1.54, 1.807) is 55.7 Å². The van der Waals surface area contributed by atoms with Crippen LogP contribution in [0.3, 0.4) is 0 Å². The number of nitriles is 1. The lowest BCUT2D eigenvalue weighted by Crippen LogP contribution is -2.30. The number of amides is 1. The molecule has 0 aliphatic carbocycles. The highest BCUT2D eigenvalue weighted by molar-refractivity contribution is 7.75.